The number of halogens is 1. The third-order valence-electron chi connectivity index (χ3n) is 2.86. The Hall–Kier alpha value is -1.73. The first-order valence-corrected chi connectivity index (χ1v) is 8.70. The van der Waals surface area contributed by atoms with E-state index in [-0.39, 0.29) is 18.2 Å². The summed E-state index contributed by atoms with van der Waals surface area (Å²) < 4.78 is 11.2. The highest BCUT2D eigenvalue weighted by molar-refractivity contribution is 9.10. The first-order chi connectivity index (χ1) is 11.0. The average molecular weight is 398 g/mol. The number of thioether (sulfide) groups is 1. The van der Waals surface area contributed by atoms with E-state index in [2.05, 4.69) is 21.2 Å². The topological polar surface area (TPSA) is 68.5 Å². The number of hydrogen-bond acceptors (Lipinski definition) is 5. The summed E-state index contributed by atoms with van der Waals surface area (Å²) >= 11 is 4.71. The van der Waals surface area contributed by atoms with Crippen LogP contribution < -0.4 is 5.32 Å². The lowest BCUT2D eigenvalue weighted by Gasteiger charge is -2.12. The molecule has 1 heterocycles. The quantitative estimate of drug-likeness (QED) is 0.572. The SMILES string of the molecule is C[C@@H](OC(=O)CSc1ccc(Br)cc1)C(=O)NCc1ccco1. The molecule has 1 aromatic carbocycles. The van der Waals surface area contributed by atoms with Crippen molar-refractivity contribution < 1.29 is 18.7 Å². The summed E-state index contributed by atoms with van der Waals surface area (Å²) in [5.41, 5.74) is 0. The molecule has 0 radical (unpaired) electrons. The molecule has 5 nitrogen and oxygen atoms in total. The Bertz CT molecular complexity index is 643. The zero-order valence-electron chi connectivity index (χ0n) is 12.5. The molecule has 0 saturated heterocycles. The highest BCUT2D eigenvalue weighted by atomic mass is 79.9. The predicted octanol–water partition coefficient (Wildman–Crippen LogP) is 3.38. The van der Waals surface area contributed by atoms with Crippen molar-refractivity contribution in [2.45, 2.75) is 24.5 Å². The third kappa shape index (κ3) is 6.11. The number of furan rings is 1. The highest BCUT2D eigenvalue weighted by Crippen LogP contribution is 2.20. The van der Waals surface area contributed by atoms with Gasteiger partial charge in [0.2, 0.25) is 0 Å². The van der Waals surface area contributed by atoms with Crippen LogP contribution in [-0.4, -0.2) is 23.7 Å². The number of ether oxygens (including phenoxy) is 1. The third-order valence-corrected chi connectivity index (χ3v) is 4.38. The minimum atomic E-state index is -0.844. The predicted molar refractivity (Wildman–Crippen MR) is 91.0 cm³/mol. The van der Waals surface area contributed by atoms with Crippen LogP contribution in [-0.2, 0) is 20.9 Å². The second-order valence-corrected chi connectivity index (χ2v) is 6.64. The van der Waals surface area contributed by atoms with Gasteiger partial charge in [0.1, 0.15) is 5.76 Å². The molecule has 0 aliphatic heterocycles. The average Bonchev–Trinajstić information content (AvgIpc) is 3.05. The van der Waals surface area contributed by atoms with Crippen LogP contribution in [0.2, 0.25) is 0 Å². The van der Waals surface area contributed by atoms with Gasteiger partial charge in [-0.2, -0.15) is 0 Å². The number of rotatable bonds is 7. The van der Waals surface area contributed by atoms with Crippen LogP contribution >= 0.6 is 27.7 Å². The zero-order chi connectivity index (χ0) is 16.7. The van der Waals surface area contributed by atoms with Gasteiger partial charge < -0.3 is 14.5 Å². The summed E-state index contributed by atoms with van der Waals surface area (Å²) in [6, 6.07) is 11.1. The molecular formula is C16H16BrNO4S. The van der Waals surface area contributed by atoms with E-state index in [9.17, 15) is 9.59 Å². The van der Waals surface area contributed by atoms with Gasteiger partial charge in [0.25, 0.3) is 5.91 Å². The standard InChI is InChI=1S/C16H16BrNO4S/c1-11(16(20)18-9-13-3-2-8-21-13)22-15(19)10-23-14-6-4-12(17)5-7-14/h2-8,11H,9-10H2,1H3,(H,18,20)/t11-/m1/s1. The van der Waals surface area contributed by atoms with Crippen molar-refractivity contribution in [2.75, 3.05) is 5.75 Å². The van der Waals surface area contributed by atoms with E-state index in [1.54, 1.807) is 19.1 Å². The fraction of sp³-hybridized carbons (Fsp3) is 0.250. The molecule has 2 rings (SSSR count). The molecule has 0 fully saturated rings. The first kappa shape index (κ1) is 17.6. The Labute approximate surface area is 146 Å². The van der Waals surface area contributed by atoms with Crippen LogP contribution in [0.25, 0.3) is 0 Å². The van der Waals surface area contributed by atoms with E-state index < -0.39 is 12.1 Å². The molecule has 122 valence electrons. The van der Waals surface area contributed by atoms with Gasteiger partial charge in [0.15, 0.2) is 6.10 Å². The number of esters is 1. The molecule has 0 bridgehead atoms. The number of carbonyl (C=O) groups excluding carboxylic acids is 2. The molecule has 1 atom stereocenters. The van der Waals surface area contributed by atoms with Crippen molar-refractivity contribution in [1.82, 2.24) is 5.32 Å². The normalized spacial score (nSPS) is 11.7. The Morgan fingerprint density at radius 2 is 2.04 bits per heavy atom. The lowest BCUT2D eigenvalue weighted by atomic mass is 10.3. The van der Waals surface area contributed by atoms with Crippen molar-refractivity contribution in [3.05, 3.63) is 52.9 Å². The summed E-state index contributed by atoms with van der Waals surface area (Å²) in [6.45, 7) is 1.81. The number of nitrogens with one attached hydrogen (secondary N) is 1. The maximum Gasteiger partial charge on any atom is 0.317 e. The highest BCUT2D eigenvalue weighted by Gasteiger charge is 2.17. The van der Waals surface area contributed by atoms with E-state index in [1.165, 1.54) is 18.0 Å². The maximum absolute atomic E-state index is 11.8. The molecule has 2 aromatic rings. The van der Waals surface area contributed by atoms with Gasteiger partial charge in [-0.25, -0.2) is 0 Å². The molecule has 1 amide bonds. The van der Waals surface area contributed by atoms with Crippen LogP contribution in [0.3, 0.4) is 0 Å². The van der Waals surface area contributed by atoms with Crippen molar-refractivity contribution in [2.24, 2.45) is 0 Å². The van der Waals surface area contributed by atoms with Gasteiger partial charge in [-0.05, 0) is 43.3 Å². The van der Waals surface area contributed by atoms with E-state index in [1.807, 2.05) is 24.3 Å². The summed E-state index contributed by atoms with van der Waals surface area (Å²) in [7, 11) is 0. The molecule has 1 aromatic heterocycles. The van der Waals surface area contributed by atoms with E-state index in [4.69, 9.17) is 9.15 Å². The van der Waals surface area contributed by atoms with Gasteiger partial charge in [-0.15, -0.1) is 11.8 Å². The zero-order valence-corrected chi connectivity index (χ0v) is 14.9. The lowest BCUT2D eigenvalue weighted by molar-refractivity contribution is -0.152. The first-order valence-electron chi connectivity index (χ1n) is 6.92. The van der Waals surface area contributed by atoms with Crippen LogP contribution in [0.4, 0.5) is 0 Å². The van der Waals surface area contributed by atoms with Crippen molar-refractivity contribution in [1.29, 1.82) is 0 Å². The molecular weight excluding hydrogens is 382 g/mol. The number of carbonyl (C=O) groups is 2. The minimum Gasteiger partial charge on any atom is -0.467 e. The molecule has 0 saturated carbocycles. The fourth-order valence-electron chi connectivity index (χ4n) is 1.69. The van der Waals surface area contributed by atoms with Crippen molar-refractivity contribution in [3.63, 3.8) is 0 Å². The Morgan fingerprint density at radius 3 is 2.70 bits per heavy atom. The molecule has 0 aliphatic rings. The molecule has 0 unspecified atom stereocenters. The van der Waals surface area contributed by atoms with Crippen LogP contribution in [0.1, 0.15) is 12.7 Å². The largest absolute Gasteiger partial charge is 0.467 e. The van der Waals surface area contributed by atoms with Gasteiger partial charge in [-0.3, -0.25) is 9.59 Å². The summed E-state index contributed by atoms with van der Waals surface area (Å²) in [5, 5.41) is 2.65. The monoisotopic (exact) mass is 397 g/mol. The van der Waals surface area contributed by atoms with E-state index >= 15 is 0 Å². The Kier molecular flexibility index (Phi) is 6.73. The Morgan fingerprint density at radius 1 is 1.30 bits per heavy atom. The molecule has 0 aliphatic carbocycles. The number of benzene rings is 1. The van der Waals surface area contributed by atoms with E-state index in [0.29, 0.717) is 5.76 Å². The molecule has 7 heteroatoms. The summed E-state index contributed by atoms with van der Waals surface area (Å²) in [4.78, 5) is 24.6. The molecule has 1 N–H and O–H groups in total. The van der Waals surface area contributed by atoms with Gasteiger partial charge in [0, 0.05) is 9.37 Å². The van der Waals surface area contributed by atoms with Crippen LogP contribution in [0.5, 0.6) is 0 Å². The molecule has 0 spiro atoms. The summed E-state index contributed by atoms with van der Waals surface area (Å²) in [5.74, 6) is 0.00174. The number of amides is 1. The fourth-order valence-corrected chi connectivity index (χ4v) is 2.63. The Balaban J connectivity index is 1.71. The van der Waals surface area contributed by atoms with Gasteiger partial charge >= 0.3 is 5.97 Å². The van der Waals surface area contributed by atoms with Crippen molar-refractivity contribution >= 4 is 39.6 Å². The van der Waals surface area contributed by atoms with Crippen LogP contribution in [0.15, 0.2) is 56.4 Å². The minimum absolute atomic E-state index is 0.150. The van der Waals surface area contributed by atoms with E-state index in [0.717, 1.165) is 9.37 Å². The maximum atomic E-state index is 11.8. The number of hydrogen-bond donors (Lipinski definition) is 1. The van der Waals surface area contributed by atoms with Gasteiger partial charge in [0.05, 0.1) is 18.6 Å². The smallest absolute Gasteiger partial charge is 0.317 e. The van der Waals surface area contributed by atoms with Crippen molar-refractivity contribution in [3.8, 4) is 0 Å². The lowest BCUT2D eigenvalue weighted by Crippen LogP contribution is -2.35. The molecule has 23 heavy (non-hydrogen) atoms. The van der Waals surface area contributed by atoms with Gasteiger partial charge in [-0.1, -0.05) is 15.9 Å². The second kappa shape index (κ2) is 8.79. The van der Waals surface area contributed by atoms with Crippen LogP contribution in [0, 0.1) is 0 Å². The second-order valence-electron chi connectivity index (χ2n) is 4.67. The summed E-state index contributed by atoms with van der Waals surface area (Å²) in [6.07, 6.45) is 0.688.